The van der Waals surface area contributed by atoms with Crippen LogP contribution < -0.4 is 26.2 Å². The third-order valence-corrected chi connectivity index (χ3v) is 10.6. The molecule has 1 atom stereocenters. The lowest BCUT2D eigenvalue weighted by Crippen LogP contribution is -2.35. The molecule has 3 aromatic heterocycles. The number of hydrogen-bond donors (Lipinski definition) is 3. The van der Waals surface area contributed by atoms with Crippen molar-refractivity contribution in [2.75, 3.05) is 33.3 Å². The second kappa shape index (κ2) is 15.5. The minimum atomic E-state index is -0.178. The number of aromatic nitrogens is 4. The SMILES string of the molecule is COc1nc(-c2cccc(-c3cccc(-c4cc5c(=O)n(C)c(CNCCN6CCCC6=O)nn5c4)c3Cl)c2Cl)ccc1CNC[C@H]1CCC(=O)N1. The largest absolute Gasteiger partial charge is 0.481 e. The van der Waals surface area contributed by atoms with Gasteiger partial charge in [0.25, 0.3) is 5.56 Å². The van der Waals surface area contributed by atoms with Crippen molar-refractivity contribution in [3.63, 3.8) is 0 Å². The fourth-order valence-corrected chi connectivity index (χ4v) is 7.54. The molecule has 0 spiro atoms. The summed E-state index contributed by atoms with van der Waals surface area (Å²) in [5.41, 5.74) is 5.46. The van der Waals surface area contributed by atoms with Gasteiger partial charge in [-0.3, -0.25) is 19.0 Å². The highest BCUT2D eigenvalue weighted by Gasteiger charge is 2.22. The van der Waals surface area contributed by atoms with E-state index in [1.165, 1.54) is 0 Å². The number of nitrogens with one attached hydrogen (secondary N) is 3. The number of benzene rings is 2. The van der Waals surface area contributed by atoms with Crippen molar-refractivity contribution in [1.29, 1.82) is 0 Å². The van der Waals surface area contributed by atoms with Crippen LogP contribution in [0.4, 0.5) is 0 Å². The standard InChI is InChI=1S/C38H40Cl2N8O4/c1-46-32(21-41-15-17-47-16-5-10-34(47)50)45-48-22-24(18-31(48)38(46)51)26-6-3-7-27(35(26)39)28-8-4-9-29(36(28)40)30-13-11-23(37(44-30)52-2)19-42-20-25-12-14-33(49)43-25/h3-4,6-9,11,13,18,22,25,41-42H,5,10,12,14-17,19-21H2,1-2H3,(H,43,49)/t25-/m1/s1. The molecule has 2 amide bonds. The summed E-state index contributed by atoms with van der Waals surface area (Å²) in [5, 5.41) is 15.4. The lowest BCUT2D eigenvalue weighted by Gasteiger charge is -2.16. The Morgan fingerprint density at radius 1 is 0.942 bits per heavy atom. The Kier molecular flexibility index (Phi) is 10.6. The maximum Gasteiger partial charge on any atom is 0.277 e. The van der Waals surface area contributed by atoms with Crippen LogP contribution in [0, 0.1) is 0 Å². The third-order valence-electron chi connectivity index (χ3n) is 9.75. The summed E-state index contributed by atoms with van der Waals surface area (Å²) < 4.78 is 8.79. The summed E-state index contributed by atoms with van der Waals surface area (Å²) in [7, 11) is 3.30. The van der Waals surface area contributed by atoms with Crippen LogP contribution in [-0.4, -0.2) is 75.2 Å². The zero-order valence-corrected chi connectivity index (χ0v) is 30.6. The first-order valence-electron chi connectivity index (χ1n) is 17.4. The summed E-state index contributed by atoms with van der Waals surface area (Å²) in [4.78, 5) is 43.5. The quantitative estimate of drug-likeness (QED) is 0.146. The zero-order valence-electron chi connectivity index (χ0n) is 29.0. The number of amides is 2. The molecular formula is C38H40Cl2N8O4. The maximum atomic E-state index is 13.4. The first kappa shape index (κ1) is 35.6. The molecule has 2 aliphatic heterocycles. The summed E-state index contributed by atoms with van der Waals surface area (Å²) in [5.74, 6) is 1.34. The van der Waals surface area contributed by atoms with E-state index in [-0.39, 0.29) is 23.4 Å². The molecule has 5 heterocycles. The van der Waals surface area contributed by atoms with Gasteiger partial charge in [-0.25, -0.2) is 9.50 Å². The van der Waals surface area contributed by atoms with Crippen LogP contribution in [0.3, 0.4) is 0 Å². The molecule has 0 aliphatic carbocycles. The number of carbonyl (C=O) groups is 2. The predicted octanol–water partition coefficient (Wildman–Crippen LogP) is 4.82. The smallest absolute Gasteiger partial charge is 0.277 e. The van der Waals surface area contributed by atoms with Crippen LogP contribution in [0.2, 0.25) is 10.0 Å². The summed E-state index contributed by atoms with van der Waals surface area (Å²) in [6.45, 7) is 3.61. The fraction of sp³-hybridized carbons (Fsp3) is 0.342. The van der Waals surface area contributed by atoms with Crippen LogP contribution in [0.1, 0.15) is 37.1 Å². The second-order valence-electron chi connectivity index (χ2n) is 13.1. The van der Waals surface area contributed by atoms with Gasteiger partial charge in [-0.1, -0.05) is 65.7 Å². The van der Waals surface area contributed by atoms with E-state index in [4.69, 9.17) is 38.0 Å². The van der Waals surface area contributed by atoms with Crippen molar-refractivity contribution in [2.45, 2.75) is 44.8 Å². The number of pyridine rings is 1. The van der Waals surface area contributed by atoms with Crippen molar-refractivity contribution in [3.8, 4) is 39.4 Å². The van der Waals surface area contributed by atoms with Crippen LogP contribution in [-0.2, 0) is 29.7 Å². The molecule has 5 aromatic rings. The highest BCUT2D eigenvalue weighted by Crippen LogP contribution is 2.42. The minimum Gasteiger partial charge on any atom is -0.481 e. The molecule has 2 fully saturated rings. The molecule has 3 N–H and O–H groups in total. The van der Waals surface area contributed by atoms with E-state index in [2.05, 4.69) is 16.0 Å². The minimum absolute atomic E-state index is 0.0911. The van der Waals surface area contributed by atoms with Gasteiger partial charge in [0.2, 0.25) is 17.7 Å². The summed E-state index contributed by atoms with van der Waals surface area (Å²) in [6.07, 6.45) is 4.71. The van der Waals surface area contributed by atoms with Crippen molar-refractivity contribution in [3.05, 3.63) is 92.6 Å². The number of rotatable bonds is 13. The third kappa shape index (κ3) is 7.29. The molecule has 52 heavy (non-hydrogen) atoms. The second-order valence-corrected chi connectivity index (χ2v) is 13.9. The van der Waals surface area contributed by atoms with Crippen LogP contribution in [0.5, 0.6) is 5.88 Å². The first-order valence-corrected chi connectivity index (χ1v) is 18.2. The molecule has 0 radical (unpaired) electrons. The van der Waals surface area contributed by atoms with E-state index >= 15 is 0 Å². The van der Waals surface area contributed by atoms with Gasteiger partial charge in [0.15, 0.2) is 0 Å². The number of halogens is 2. The van der Waals surface area contributed by atoms with E-state index in [0.717, 1.165) is 52.8 Å². The molecule has 2 aromatic carbocycles. The first-order chi connectivity index (χ1) is 25.2. The average molecular weight is 744 g/mol. The van der Waals surface area contributed by atoms with Crippen LogP contribution in [0.25, 0.3) is 39.0 Å². The Morgan fingerprint density at radius 2 is 1.69 bits per heavy atom. The Hall–Kier alpha value is -4.75. The van der Waals surface area contributed by atoms with Gasteiger partial charge in [-0.15, -0.1) is 0 Å². The Balaban J connectivity index is 1.11. The predicted molar refractivity (Wildman–Crippen MR) is 202 cm³/mol. The van der Waals surface area contributed by atoms with Crippen molar-refractivity contribution in [2.24, 2.45) is 7.05 Å². The molecular weight excluding hydrogens is 703 g/mol. The van der Waals surface area contributed by atoms with E-state index in [1.807, 2.05) is 59.6 Å². The number of carbonyl (C=O) groups excluding carboxylic acids is 2. The Labute approximate surface area is 311 Å². The van der Waals surface area contributed by atoms with E-state index in [1.54, 1.807) is 29.3 Å². The molecule has 2 aliphatic rings. The lowest BCUT2D eigenvalue weighted by molar-refractivity contribution is -0.127. The lowest BCUT2D eigenvalue weighted by atomic mass is 9.97. The van der Waals surface area contributed by atoms with Gasteiger partial charge in [0, 0.05) is 98.2 Å². The highest BCUT2D eigenvalue weighted by molar-refractivity contribution is 6.39. The highest BCUT2D eigenvalue weighted by atomic mass is 35.5. The summed E-state index contributed by atoms with van der Waals surface area (Å²) >= 11 is 14.2. The number of likely N-dealkylation sites (tertiary alicyclic amines) is 1. The topological polar surface area (TPSA) is 135 Å². The normalized spacial score (nSPS) is 15.9. The number of hydrogen-bond acceptors (Lipinski definition) is 8. The molecule has 7 rings (SSSR count). The van der Waals surface area contributed by atoms with Gasteiger partial charge < -0.3 is 25.6 Å². The van der Waals surface area contributed by atoms with Gasteiger partial charge in [0.1, 0.15) is 11.3 Å². The van der Waals surface area contributed by atoms with Gasteiger partial charge in [-0.2, -0.15) is 5.10 Å². The maximum absolute atomic E-state index is 13.4. The monoisotopic (exact) mass is 742 g/mol. The Bertz CT molecular complexity index is 2220. The molecule has 2 saturated heterocycles. The molecule has 14 heteroatoms. The van der Waals surface area contributed by atoms with E-state index in [9.17, 15) is 14.4 Å². The molecule has 270 valence electrons. The molecule has 0 unspecified atom stereocenters. The summed E-state index contributed by atoms with van der Waals surface area (Å²) in [6, 6.07) is 17.3. The Morgan fingerprint density at radius 3 is 2.40 bits per heavy atom. The van der Waals surface area contributed by atoms with Gasteiger partial charge in [-0.05, 0) is 25.0 Å². The average Bonchev–Trinajstić information content (AvgIpc) is 3.89. The van der Waals surface area contributed by atoms with Crippen LogP contribution in [0.15, 0.2) is 65.6 Å². The van der Waals surface area contributed by atoms with Crippen molar-refractivity contribution >= 4 is 40.5 Å². The van der Waals surface area contributed by atoms with E-state index in [0.29, 0.717) is 78.5 Å². The number of nitrogens with zero attached hydrogens (tertiary/aromatic N) is 5. The molecule has 0 saturated carbocycles. The van der Waals surface area contributed by atoms with Gasteiger partial charge in [0.05, 0.1) is 29.4 Å². The zero-order chi connectivity index (χ0) is 36.4. The number of methoxy groups -OCH3 is 1. The van der Waals surface area contributed by atoms with Crippen LogP contribution >= 0.6 is 23.2 Å². The fourth-order valence-electron chi connectivity index (χ4n) is 6.87. The number of fused-ring (bicyclic) bond motifs is 1. The van der Waals surface area contributed by atoms with Gasteiger partial charge >= 0.3 is 0 Å². The van der Waals surface area contributed by atoms with E-state index < -0.39 is 0 Å². The van der Waals surface area contributed by atoms with Crippen molar-refractivity contribution in [1.82, 2.24) is 40.0 Å². The van der Waals surface area contributed by atoms with Crippen molar-refractivity contribution < 1.29 is 14.3 Å². The molecule has 12 nitrogen and oxygen atoms in total. The number of ether oxygens (including phenoxy) is 1. The molecule has 0 bridgehead atoms.